The van der Waals surface area contributed by atoms with Crippen LogP contribution < -0.4 is 10.1 Å². The number of phenolic OH excluding ortho intramolecular Hbond substituents is 1. The molecule has 0 aromatic heterocycles. The summed E-state index contributed by atoms with van der Waals surface area (Å²) < 4.78 is 5.77. The molecule has 0 fully saturated rings. The first-order valence-electron chi connectivity index (χ1n) is 11.1. The van der Waals surface area contributed by atoms with Crippen LogP contribution in [0.15, 0.2) is 84.9 Å². The molecule has 4 rings (SSSR count). The van der Waals surface area contributed by atoms with E-state index >= 15 is 0 Å². The van der Waals surface area contributed by atoms with Crippen LogP contribution in [0.1, 0.15) is 21.5 Å². The Balaban J connectivity index is 1.36. The van der Waals surface area contributed by atoms with Crippen LogP contribution in [0.4, 0.5) is 0 Å². The Labute approximate surface area is 207 Å². The second-order valence-corrected chi connectivity index (χ2v) is 8.59. The molecule has 35 heavy (non-hydrogen) atoms. The van der Waals surface area contributed by atoms with Gasteiger partial charge < -0.3 is 20.3 Å². The average Bonchev–Trinajstić information content (AvgIpc) is 2.85. The largest absolute Gasteiger partial charge is 0.507 e. The number of carbonyl (C=O) groups excluding carboxylic acids is 1. The second kappa shape index (κ2) is 10.9. The van der Waals surface area contributed by atoms with Crippen molar-refractivity contribution < 1.29 is 24.5 Å². The van der Waals surface area contributed by atoms with Crippen molar-refractivity contribution in [3.63, 3.8) is 0 Å². The molecule has 0 saturated heterocycles. The number of carboxylic acids is 1. The summed E-state index contributed by atoms with van der Waals surface area (Å²) in [5.74, 6) is -1.35. The van der Waals surface area contributed by atoms with E-state index in [1.165, 1.54) is 6.07 Å². The predicted octanol–water partition coefficient (Wildman–Crippen LogP) is 5.25. The van der Waals surface area contributed by atoms with Crippen LogP contribution in [0.25, 0.3) is 10.8 Å². The summed E-state index contributed by atoms with van der Waals surface area (Å²) in [5.41, 5.74) is 1.87. The maximum absolute atomic E-state index is 12.8. The number of halogens is 1. The number of hydrogen-bond donors (Lipinski definition) is 3. The fraction of sp³-hybridized carbons (Fsp3) is 0.143. The van der Waals surface area contributed by atoms with Gasteiger partial charge in [-0.1, -0.05) is 60.1 Å². The molecule has 0 radical (unpaired) electrons. The Hall–Kier alpha value is -4.03. The van der Waals surface area contributed by atoms with Gasteiger partial charge in [-0.2, -0.15) is 0 Å². The zero-order valence-corrected chi connectivity index (χ0v) is 19.5. The number of benzene rings is 4. The molecule has 0 aliphatic rings. The third-order valence-corrected chi connectivity index (χ3v) is 5.90. The third kappa shape index (κ3) is 6.31. The minimum atomic E-state index is -1.16. The Morgan fingerprint density at radius 2 is 1.51 bits per heavy atom. The van der Waals surface area contributed by atoms with Crippen molar-refractivity contribution in [2.45, 2.75) is 18.9 Å². The zero-order valence-electron chi connectivity index (χ0n) is 18.8. The van der Waals surface area contributed by atoms with E-state index in [1.807, 2.05) is 48.5 Å². The van der Waals surface area contributed by atoms with Crippen LogP contribution in [-0.4, -0.2) is 34.7 Å². The number of ether oxygens (including phenoxy) is 1. The number of aliphatic carboxylic acids is 1. The number of nitrogens with one attached hydrogen (secondary N) is 1. The van der Waals surface area contributed by atoms with E-state index in [-0.39, 0.29) is 17.7 Å². The van der Waals surface area contributed by atoms with Crippen LogP contribution >= 0.6 is 11.6 Å². The standard InChI is InChI=1S/C28H24ClNO5/c29-22-9-5-18(6-10-22)13-14-35-23-11-7-19(8-12-23)15-25(28(33)34)30-27(32)24-16-20-3-1-2-4-21(20)17-26(24)31/h1-12,16-17,25,31H,13-15H2,(H,30,32)(H,33,34). The molecule has 0 heterocycles. The summed E-state index contributed by atoms with van der Waals surface area (Å²) in [4.78, 5) is 24.6. The highest BCUT2D eigenvalue weighted by atomic mass is 35.5. The molecule has 1 amide bonds. The van der Waals surface area contributed by atoms with Gasteiger partial charge in [0.05, 0.1) is 12.2 Å². The van der Waals surface area contributed by atoms with E-state index in [0.717, 1.165) is 28.3 Å². The summed E-state index contributed by atoms with van der Waals surface area (Å²) in [6.07, 6.45) is 0.814. The van der Waals surface area contributed by atoms with Gasteiger partial charge in [0.1, 0.15) is 17.5 Å². The highest BCUT2D eigenvalue weighted by Gasteiger charge is 2.23. The van der Waals surface area contributed by atoms with Crippen LogP contribution in [0, 0.1) is 0 Å². The Bertz CT molecular complexity index is 1340. The lowest BCUT2D eigenvalue weighted by atomic mass is 10.0. The molecule has 0 aliphatic heterocycles. The maximum Gasteiger partial charge on any atom is 0.326 e. The lowest BCUT2D eigenvalue weighted by Crippen LogP contribution is -2.42. The summed E-state index contributed by atoms with van der Waals surface area (Å²) in [7, 11) is 0. The van der Waals surface area contributed by atoms with E-state index in [9.17, 15) is 19.8 Å². The lowest BCUT2D eigenvalue weighted by molar-refractivity contribution is -0.139. The molecular formula is C28H24ClNO5. The maximum atomic E-state index is 12.8. The number of aromatic hydroxyl groups is 1. The number of amides is 1. The Morgan fingerprint density at radius 1 is 0.886 bits per heavy atom. The number of carboxylic acid groups (broad SMARTS) is 1. The molecule has 178 valence electrons. The lowest BCUT2D eigenvalue weighted by Gasteiger charge is -2.16. The van der Waals surface area contributed by atoms with Gasteiger partial charge in [0.2, 0.25) is 0 Å². The molecule has 6 nitrogen and oxygen atoms in total. The van der Waals surface area contributed by atoms with Crippen LogP contribution in [0.3, 0.4) is 0 Å². The number of hydrogen-bond acceptors (Lipinski definition) is 4. The molecule has 1 atom stereocenters. The molecule has 0 saturated carbocycles. The van der Waals surface area contributed by atoms with E-state index < -0.39 is 17.9 Å². The van der Waals surface area contributed by atoms with Gasteiger partial charge in [-0.15, -0.1) is 0 Å². The van der Waals surface area contributed by atoms with Gasteiger partial charge in [0.25, 0.3) is 5.91 Å². The monoisotopic (exact) mass is 489 g/mol. The molecule has 4 aromatic carbocycles. The van der Waals surface area contributed by atoms with E-state index in [4.69, 9.17) is 16.3 Å². The number of phenols is 1. The minimum Gasteiger partial charge on any atom is -0.507 e. The summed E-state index contributed by atoms with van der Waals surface area (Å²) in [5, 5.41) is 24.7. The highest BCUT2D eigenvalue weighted by molar-refractivity contribution is 6.30. The molecule has 7 heteroatoms. The van der Waals surface area contributed by atoms with E-state index in [2.05, 4.69) is 5.32 Å². The fourth-order valence-corrected chi connectivity index (χ4v) is 3.87. The first-order valence-corrected chi connectivity index (χ1v) is 11.5. The van der Waals surface area contributed by atoms with Gasteiger partial charge in [-0.3, -0.25) is 4.79 Å². The smallest absolute Gasteiger partial charge is 0.326 e. The van der Waals surface area contributed by atoms with Crippen molar-refractivity contribution in [2.24, 2.45) is 0 Å². The van der Waals surface area contributed by atoms with Crippen molar-refractivity contribution in [3.8, 4) is 11.5 Å². The number of rotatable bonds is 9. The summed E-state index contributed by atoms with van der Waals surface area (Å²) >= 11 is 5.90. The molecule has 0 aliphatic carbocycles. The van der Waals surface area contributed by atoms with E-state index in [1.54, 1.807) is 30.3 Å². The van der Waals surface area contributed by atoms with Crippen molar-refractivity contribution in [1.29, 1.82) is 0 Å². The zero-order chi connectivity index (χ0) is 24.8. The van der Waals surface area contributed by atoms with Crippen LogP contribution in [0.2, 0.25) is 5.02 Å². The van der Waals surface area contributed by atoms with Crippen molar-refractivity contribution >= 4 is 34.2 Å². The van der Waals surface area contributed by atoms with Crippen molar-refractivity contribution in [2.75, 3.05) is 6.61 Å². The molecule has 0 bridgehead atoms. The average molecular weight is 490 g/mol. The SMILES string of the molecule is O=C(NC(Cc1ccc(OCCc2ccc(Cl)cc2)cc1)C(=O)O)c1cc2ccccc2cc1O. The Kier molecular flexibility index (Phi) is 7.53. The summed E-state index contributed by atoms with van der Waals surface area (Å²) in [6, 6.07) is 23.8. The fourth-order valence-electron chi connectivity index (χ4n) is 3.74. The van der Waals surface area contributed by atoms with Gasteiger partial charge >= 0.3 is 5.97 Å². The third-order valence-electron chi connectivity index (χ3n) is 5.65. The second-order valence-electron chi connectivity index (χ2n) is 8.15. The van der Waals surface area contributed by atoms with E-state index in [0.29, 0.717) is 17.4 Å². The van der Waals surface area contributed by atoms with Gasteiger partial charge in [-0.25, -0.2) is 4.79 Å². The molecular weight excluding hydrogens is 466 g/mol. The number of fused-ring (bicyclic) bond motifs is 1. The molecule has 4 aromatic rings. The minimum absolute atomic E-state index is 0.0272. The first kappa shape index (κ1) is 24.1. The summed E-state index contributed by atoms with van der Waals surface area (Å²) in [6.45, 7) is 0.490. The quantitative estimate of drug-likeness (QED) is 0.298. The predicted molar refractivity (Wildman–Crippen MR) is 135 cm³/mol. The highest BCUT2D eigenvalue weighted by Crippen LogP contribution is 2.25. The molecule has 3 N–H and O–H groups in total. The molecule has 1 unspecified atom stereocenters. The van der Waals surface area contributed by atoms with Gasteiger partial charge in [-0.05, 0) is 58.3 Å². The van der Waals surface area contributed by atoms with Gasteiger partial charge in [0, 0.05) is 17.9 Å². The van der Waals surface area contributed by atoms with Crippen LogP contribution in [-0.2, 0) is 17.6 Å². The normalized spacial score (nSPS) is 11.7. The number of carbonyl (C=O) groups is 2. The van der Waals surface area contributed by atoms with Gasteiger partial charge in [0.15, 0.2) is 0 Å². The Morgan fingerprint density at radius 3 is 2.17 bits per heavy atom. The van der Waals surface area contributed by atoms with Crippen LogP contribution in [0.5, 0.6) is 11.5 Å². The topological polar surface area (TPSA) is 95.9 Å². The van der Waals surface area contributed by atoms with Crippen molar-refractivity contribution in [1.82, 2.24) is 5.32 Å². The molecule has 0 spiro atoms. The first-order chi connectivity index (χ1) is 16.9. The van der Waals surface area contributed by atoms with Crippen molar-refractivity contribution in [3.05, 3.63) is 107 Å².